The Kier molecular flexibility index (Phi) is 25.9. The van der Waals surface area contributed by atoms with Gasteiger partial charge in [0.05, 0.1) is 0 Å². The van der Waals surface area contributed by atoms with Gasteiger partial charge in [0.1, 0.15) is 0 Å². The Labute approximate surface area is 397 Å². The van der Waals surface area contributed by atoms with Crippen LogP contribution in [-0.2, 0) is 46.2 Å². The second-order valence-electron chi connectivity index (χ2n) is 17.9. The van der Waals surface area contributed by atoms with Crippen LogP contribution in [-0.4, -0.2) is 118 Å². The predicted molar refractivity (Wildman–Crippen MR) is 291 cm³/mol. The van der Waals surface area contributed by atoms with E-state index in [0.29, 0.717) is 0 Å². The summed E-state index contributed by atoms with van der Waals surface area (Å²) in [4.78, 5) is 0. The molecule has 0 aliphatic rings. The van der Waals surface area contributed by atoms with E-state index < -0.39 is 96.3 Å². The summed E-state index contributed by atoms with van der Waals surface area (Å²) in [6, 6.07) is 31.0. The van der Waals surface area contributed by atoms with Crippen molar-refractivity contribution in [3.05, 3.63) is 116 Å². The van der Waals surface area contributed by atoms with E-state index in [1.54, 1.807) is 0 Å². The Hall–Kier alpha value is -0.914. The molecule has 0 heterocycles. The molecule has 0 amide bonds. The van der Waals surface area contributed by atoms with Crippen molar-refractivity contribution in [1.29, 1.82) is 0 Å². The van der Waals surface area contributed by atoms with Crippen LogP contribution in [0.4, 0.5) is 0 Å². The molecule has 0 N–H and O–H groups in total. The molecule has 0 aliphatic heterocycles. The van der Waals surface area contributed by atoms with Gasteiger partial charge >= 0.3 is 43.5 Å². The molecule has 0 unspecified atom stereocenters. The highest BCUT2D eigenvalue weighted by molar-refractivity contribution is 7.03. The van der Waals surface area contributed by atoms with Crippen molar-refractivity contribution in [1.82, 2.24) is 0 Å². The maximum atomic E-state index is 7.08. The third kappa shape index (κ3) is 21.3. The number of hydrogen-bond donors (Lipinski definition) is 0. The summed E-state index contributed by atoms with van der Waals surface area (Å²) in [5, 5.41) is 3.31. The monoisotopic (exact) mass is 1060 g/mol. The van der Waals surface area contributed by atoms with Gasteiger partial charge in [-0.05, 0) is 115 Å². The van der Waals surface area contributed by atoms with Gasteiger partial charge in [0.15, 0.2) is 44.5 Å². The van der Waals surface area contributed by atoms with Gasteiger partial charge in [0.2, 0.25) is 8.32 Å². The molecule has 0 aliphatic carbocycles. The normalized spacial score (nSPS) is 13.1. The molecule has 0 saturated heterocycles. The molecule has 63 heavy (non-hydrogen) atoms. The number of hydrogen-bond acceptors (Lipinski definition) is 11. The van der Waals surface area contributed by atoms with Crippen LogP contribution < -0.4 is 15.6 Å². The molecular formula is C41H82O11Si11. The number of rotatable bonds is 24. The van der Waals surface area contributed by atoms with Crippen molar-refractivity contribution in [3.63, 3.8) is 0 Å². The first-order valence-corrected chi connectivity index (χ1v) is 49.6. The van der Waals surface area contributed by atoms with Crippen molar-refractivity contribution in [3.8, 4) is 0 Å². The maximum absolute atomic E-state index is 7.08. The van der Waals surface area contributed by atoms with Gasteiger partial charge in [-0.2, -0.15) is 0 Å². The first-order valence-electron chi connectivity index (χ1n) is 21.7. The van der Waals surface area contributed by atoms with Crippen LogP contribution >= 0.6 is 0 Å². The maximum Gasteiger partial charge on any atom is 0.669 e. The highest BCUT2D eigenvalue weighted by Gasteiger charge is 2.52. The quantitative estimate of drug-likeness (QED) is 0.0824. The van der Waals surface area contributed by atoms with Gasteiger partial charge in [-0.1, -0.05) is 102 Å². The Morgan fingerprint density at radius 1 is 0.397 bits per heavy atom. The van der Waals surface area contributed by atoms with E-state index in [9.17, 15) is 0 Å². The van der Waals surface area contributed by atoms with Gasteiger partial charge in [0.25, 0.3) is 0 Å². The zero-order chi connectivity index (χ0) is 48.3. The van der Waals surface area contributed by atoms with E-state index in [4.69, 9.17) is 46.2 Å². The van der Waals surface area contributed by atoms with Gasteiger partial charge < -0.3 is 46.2 Å². The third-order valence-electron chi connectivity index (χ3n) is 8.54. The van der Waals surface area contributed by atoms with E-state index in [0.717, 1.165) is 15.6 Å². The minimum Gasteiger partial charge on any atom is -0.439 e. The Morgan fingerprint density at radius 2 is 0.714 bits per heavy atom. The number of benzene rings is 3. The fraction of sp³-hybridized carbons (Fsp3) is 0.463. The fourth-order valence-electron chi connectivity index (χ4n) is 6.32. The highest BCUT2D eigenvalue weighted by Crippen LogP contribution is 2.26. The first-order chi connectivity index (χ1) is 29.1. The molecule has 0 atom stereocenters. The molecular weight excluding hydrogens is 977 g/mol. The highest BCUT2D eigenvalue weighted by atomic mass is 28.5. The predicted octanol–water partition coefficient (Wildman–Crippen LogP) is 7.77. The lowest BCUT2D eigenvalue weighted by Gasteiger charge is -2.43. The summed E-state index contributed by atoms with van der Waals surface area (Å²) in [6.07, 6.45) is 0. The van der Waals surface area contributed by atoms with E-state index in [2.05, 4.69) is 141 Å². The summed E-state index contributed by atoms with van der Waals surface area (Å²) in [5.74, 6) is 0. The first kappa shape index (κ1) is 60.1. The lowest BCUT2D eigenvalue weighted by Crippen LogP contribution is -2.71. The lowest BCUT2D eigenvalue weighted by atomic mass is 10.4. The average molecular weight is 1060 g/mol. The molecule has 3 aromatic rings. The molecule has 0 aromatic heterocycles. The van der Waals surface area contributed by atoms with Crippen molar-refractivity contribution < 1.29 is 46.2 Å². The molecule has 3 aromatic carbocycles. The van der Waals surface area contributed by atoms with Crippen LogP contribution in [0.25, 0.3) is 0 Å². The van der Waals surface area contributed by atoms with E-state index in [1.807, 2.05) is 79.1 Å². The van der Waals surface area contributed by atoms with Crippen molar-refractivity contribution in [2.75, 3.05) is 21.3 Å². The van der Waals surface area contributed by atoms with Crippen LogP contribution in [0.1, 0.15) is 0 Å². The molecule has 356 valence electrons. The topological polar surface area (TPSA) is 102 Å². The average Bonchev–Trinajstić information content (AvgIpc) is 3.19. The summed E-state index contributed by atoms with van der Waals surface area (Å²) in [7, 11) is -17.9. The van der Waals surface area contributed by atoms with E-state index >= 15 is 0 Å². The molecule has 0 bridgehead atoms. The molecule has 11 nitrogen and oxygen atoms in total. The molecule has 0 saturated carbocycles. The van der Waals surface area contributed by atoms with E-state index in [1.165, 1.54) is 21.3 Å². The second kappa shape index (κ2) is 27.2. The molecule has 0 radical (unpaired) electrons. The Balaban J connectivity index is 0.000000506. The molecule has 3 rings (SSSR count). The Bertz CT molecular complexity index is 1660. The minimum absolute atomic E-state index is 1.09. The molecule has 22 heteroatoms. The fourth-order valence-corrected chi connectivity index (χ4v) is 43.3. The zero-order valence-electron chi connectivity index (χ0n) is 42.0. The van der Waals surface area contributed by atoms with Crippen LogP contribution in [0.2, 0.25) is 105 Å². The van der Waals surface area contributed by atoms with Crippen molar-refractivity contribution >= 4 is 112 Å². The molecule has 0 fully saturated rings. The lowest BCUT2D eigenvalue weighted by molar-refractivity contribution is 0.0415. The van der Waals surface area contributed by atoms with Crippen LogP contribution in [0.15, 0.2) is 116 Å². The third-order valence-corrected chi connectivity index (χ3v) is 42.2. The van der Waals surface area contributed by atoms with Crippen molar-refractivity contribution in [2.45, 2.75) is 105 Å². The van der Waals surface area contributed by atoms with Gasteiger partial charge in [0, 0.05) is 26.5 Å². The van der Waals surface area contributed by atoms with Crippen LogP contribution in [0.3, 0.4) is 0 Å². The standard InChI is InChI=1S/C22H34O3Si4.C12H26O3Si4.C7H22O5Si3/c1-9-26(3,4)23-28(7,8)25-29(24-27(5,6)10-2,21-17-13-11-14-18-21)22-19-15-12-16-20-22;1-16(2)13-19(14-17(3)4,15-18(5)6)12-10-8-7-9-11-12;1-8-15(9-2,10-3)12-14(6,7)11-13(4)5/h9-20H,1-2H2,3-8H3;7-11,16-18H,1-6H3;13H,1-7H3. The summed E-state index contributed by atoms with van der Waals surface area (Å²) < 4.78 is 67.0. The van der Waals surface area contributed by atoms with Crippen LogP contribution in [0.5, 0.6) is 0 Å². The Morgan fingerprint density at radius 3 is 1.02 bits per heavy atom. The van der Waals surface area contributed by atoms with Gasteiger partial charge in [-0.3, -0.25) is 0 Å². The minimum atomic E-state index is -3.04. The SMILES string of the molecule is C=C[Si](C)(C)O[Si](C)(C)O[Si](O[Si](C)(C)C=C)(c1ccccc1)c1ccccc1.CO[Si](OC)(OC)O[Si](C)(C)O[SiH](C)C.C[SiH](C)O[Si](O[SiH](C)C)(O[SiH](C)C)c1ccccc1. The molecule has 0 spiro atoms. The largest absolute Gasteiger partial charge is 0.669 e. The summed E-state index contributed by atoms with van der Waals surface area (Å²) in [5.41, 5.74) is 3.94. The summed E-state index contributed by atoms with van der Waals surface area (Å²) in [6.45, 7) is 42.1. The summed E-state index contributed by atoms with van der Waals surface area (Å²) >= 11 is 0. The smallest absolute Gasteiger partial charge is 0.439 e. The van der Waals surface area contributed by atoms with Gasteiger partial charge in [-0.25, -0.2) is 0 Å². The van der Waals surface area contributed by atoms with Gasteiger partial charge in [-0.15, -0.1) is 13.2 Å². The van der Waals surface area contributed by atoms with Crippen LogP contribution in [0, 0.1) is 0 Å². The second-order valence-corrected chi connectivity index (χ2v) is 52.4. The zero-order valence-corrected chi connectivity index (χ0v) is 53.6. The van der Waals surface area contributed by atoms with Crippen molar-refractivity contribution in [2.24, 2.45) is 0 Å². The van der Waals surface area contributed by atoms with E-state index in [-0.39, 0.29) is 0 Å².